The fraction of sp³-hybridized carbons (Fsp3) is 0.346. The van der Waals surface area contributed by atoms with Gasteiger partial charge >= 0.3 is 5.97 Å². The van der Waals surface area contributed by atoms with Crippen molar-refractivity contribution < 1.29 is 19.0 Å². The van der Waals surface area contributed by atoms with Crippen molar-refractivity contribution in [3.05, 3.63) is 57.9 Å². The molecule has 3 aromatic rings. The van der Waals surface area contributed by atoms with Gasteiger partial charge in [0.25, 0.3) is 0 Å². The zero-order valence-corrected chi connectivity index (χ0v) is 19.6. The van der Waals surface area contributed by atoms with Crippen molar-refractivity contribution in [2.75, 3.05) is 20.8 Å². The second kappa shape index (κ2) is 8.99. The summed E-state index contributed by atoms with van der Waals surface area (Å²) >= 11 is 0. The molecule has 1 aromatic carbocycles. The van der Waals surface area contributed by atoms with Gasteiger partial charge in [-0.3, -0.25) is 0 Å². The first-order valence-corrected chi connectivity index (χ1v) is 11.0. The third-order valence-corrected chi connectivity index (χ3v) is 6.12. The molecule has 7 nitrogen and oxygen atoms in total. The maximum absolute atomic E-state index is 12.1. The number of pyridine rings is 1. The minimum absolute atomic E-state index is 0.0695. The summed E-state index contributed by atoms with van der Waals surface area (Å²) in [5.41, 5.74) is 5.92. The summed E-state index contributed by atoms with van der Waals surface area (Å²) in [4.78, 5) is 16.9. The lowest BCUT2D eigenvalue weighted by atomic mass is 10.1. The number of hydrogen-bond donors (Lipinski definition) is 0. The Morgan fingerprint density at radius 2 is 2.09 bits per heavy atom. The summed E-state index contributed by atoms with van der Waals surface area (Å²) in [5, 5.41) is 10.9. The van der Waals surface area contributed by atoms with E-state index >= 15 is 0 Å². The third-order valence-electron chi connectivity index (χ3n) is 6.12. The molecule has 1 aliphatic rings. The molecule has 1 atom stereocenters. The van der Waals surface area contributed by atoms with Crippen molar-refractivity contribution >= 4 is 23.1 Å². The van der Waals surface area contributed by atoms with E-state index in [2.05, 4.69) is 10.6 Å². The van der Waals surface area contributed by atoms with Crippen molar-refractivity contribution in [3.8, 4) is 17.6 Å². The Balaban J connectivity index is 2.00. The molecule has 0 N–H and O–H groups in total. The van der Waals surface area contributed by atoms with Crippen LogP contribution < -0.4 is 9.47 Å². The van der Waals surface area contributed by atoms with Crippen LogP contribution in [0.3, 0.4) is 0 Å². The highest BCUT2D eigenvalue weighted by Gasteiger charge is 2.32. The SMILES string of the molecule is CCOC(=O)/C=C/c1c(C#N)c2c(C)cc(C)nc2n1C1CCc2c1ccc(OC)c2OC. The average molecular weight is 446 g/mol. The average Bonchev–Trinajstić information content (AvgIpc) is 3.35. The third kappa shape index (κ3) is 3.72. The highest BCUT2D eigenvalue weighted by atomic mass is 16.5. The molecule has 0 fully saturated rings. The first-order valence-electron chi connectivity index (χ1n) is 11.0. The zero-order chi connectivity index (χ0) is 23.7. The minimum Gasteiger partial charge on any atom is -0.493 e. The second-order valence-electron chi connectivity index (χ2n) is 8.03. The number of carbonyl (C=O) groups excluding carboxylic acids is 1. The van der Waals surface area contributed by atoms with Crippen LogP contribution in [0.4, 0.5) is 0 Å². The second-order valence-corrected chi connectivity index (χ2v) is 8.03. The molecule has 1 aliphatic carbocycles. The van der Waals surface area contributed by atoms with Gasteiger partial charge in [-0.2, -0.15) is 5.26 Å². The zero-order valence-electron chi connectivity index (χ0n) is 19.6. The van der Waals surface area contributed by atoms with Crippen molar-refractivity contribution in [3.63, 3.8) is 0 Å². The largest absolute Gasteiger partial charge is 0.493 e. The topological polar surface area (TPSA) is 86.4 Å². The normalized spacial score (nSPS) is 15.0. The Labute approximate surface area is 193 Å². The molecule has 0 spiro atoms. The van der Waals surface area contributed by atoms with E-state index in [-0.39, 0.29) is 12.6 Å². The van der Waals surface area contributed by atoms with Crippen LogP contribution in [0.2, 0.25) is 0 Å². The maximum atomic E-state index is 12.1. The van der Waals surface area contributed by atoms with Crippen LogP contribution >= 0.6 is 0 Å². The molecular weight excluding hydrogens is 418 g/mol. The predicted molar refractivity (Wildman–Crippen MR) is 126 cm³/mol. The number of methoxy groups -OCH3 is 2. The van der Waals surface area contributed by atoms with Crippen molar-refractivity contribution in [1.29, 1.82) is 5.26 Å². The summed E-state index contributed by atoms with van der Waals surface area (Å²) < 4.78 is 18.3. The van der Waals surface area contributed by atoms with Gasteiger partial charge in [0.2, 0.25) is 0 Å². The van der Waals surface area contributed by atoms with Crippen LogP contribution in [-0.2, 0) is 16.0 Å². The highest BCUT2D eigenvalue weighted by molar-refractivity contribution is 5.94. The van der Waals surface area contributed by atoms with E-state index in [0.717, 1.165) is 52.0 Å². The van der Waals surface area contributed by atoms with Crippen LogP contribution in [0.15, 0.2) is 24.3 Å². The Morgan fingerprint density at radius 3 is 2.76 bits per heavy atom. The number of hydrogen-bond acceptors (Lipinski definition) is 6. The van der Waals surface area contributed by atoms with E-state index in [4.69, 9.17) is 19.2 Å². The molecule has 2 heterocycles. The lowest BCUT2D eigenvalue weighted by Gasteiger charge is -2.19. The number of aryl methyl sites for hydroxylation is 2. The number of carbonyl (C=O) groups is 1. The molecule has 0 bridgehead atoms. The number of ether oxygens (including phenoxy) is 3. The van der Waals surface area contributed by atoms with Gasteiger partial charge in [0.1, 0.15) is 11.7 Å². The molecule has 7 heteroatoms. The fourth-order valence-corrected chi connectivity index (χ4v) is 4.87. The van der Waals surface area contributed by atoms with Crippen LogP contribution in [0.25, 0.3) is 17.1 Å². The molecular formula is C26H27N3O4. The predicted octanol–water partition coefficient (Wildman–Crippen LogP) is 4.65. The summed E-state index contributed by atoms with van der Waals surface area (Å²) in [5.74, 6) is 0.981. The van der Waals surface area contributed by atoms with Gasteiger partial charge in [0.15, 0.2) is 11.5 Å². The molecule has 0 saturated heterocycles. The number of fused-ring (bicyclic) bond motifs is 2. The Morgan fingerprint density at radius 1 is 1.30 bits per heavy atom. The fourth-order valence-electron chi connectivity index (χ4n) is 4.87. The van der Waals surface area contributed by atoms with Gasteiger partial charge < -0.3 is 18.8 Å². The molecule has 0 saturated carbocycles. The number of rotatable bonds is 6. The van der Waals surface area contributed by atoms with E-state index < -0.39 is 5.97 Å². The van der Waals surface area contributed by atoms with Gasteiger partial charge in [0, 0.05) is 22.7 Å². The molecule has 0 radical (unpaired) electrons. The molecule has 170 valence electrons. The van der Waals surface area contributed by atoms with Crippen molar-refractivity contribution in [2.24, 2.45) is 0 Å². The van der Waals surface area contributed by atoms with Crippen molar-refractivity contribution in [2.45, 2.75) is 39.7 Å². The van der Waals surface area contributed by atoms with E-state index in [1.54, 1.807) is 27.2 Å². The molecule has 0 amide bonds. The standard InChI is InChI=1S/C26H27N3O4/c1-6-33-23(30)12-10-21-19(14-27)24-15(2)13-16(3)28-26(24)29(21)20-9-7-18-17(20)8-11-22(31-4)25(18)32-5/h8,10-13,20H,6-7,9H2,1-5H3/b12-10+. The maximum Gasteiger partial charge on any atom is 0.330 e. The summed E-state index contributed by atoms with van der Waals surface area (Å²) in [6, 6.07) is 8.22. The number of benzene rings is 1. The van der Waals surface area contributed by atoms with Crippen LogP contribution in [0, 0.1) is 25.2 Å². The van der Waals surface area contributed by atoms with Gasteiger partial charge in [-0.15, -0.1) is 0 Å². The van der Waals surface area contributed by atoms with Crippen LogP contribution in [0.1, 0.15) is 53.0 Å². The van der Waals surface area contributed by atoms with Crippen molar-refractivity contribution in [1.82, 2.24) is 9.55 Å². The Bertz CT molecular complexity index is 1310. The highest BCUT2D eigenvalue weighted by Crippen LogP contribution is 2.46. The van der Waals surface area contributed by atoms with Gasteiger partial charge in [-0.1, -0.05) is 6.07 Å². The van der Waals surface area contributed by atoms with E-state index in [1.165, 1.54) is 6.08 Å². The lowest BCUT2D eigenvalue weighted by molar-refractivity contribution is -0.137. The number of esters is 1. The summed E-state index contributed by atoms with van der Waals surface area (Å²) in [7, 11) is 3.27. The smallest absolute Gasteiger partial charge is 0.330 e. The Hall–Kier alpha value is -3.79. The summed E-state index contributed by atoms with van der Waals surface area (Å²) in [6.07, 6.45) is 4.66. The lowest BCUT2D eigenvalue weighted by Crippen LogP contribution is -2.11. The number of aromatic nitrogens is 2. The van der Waals surface area contributed by atoms with E-state index in [9.17, 15) is 10.1 Å². The molecule has 0 aliphatic heterocycles. The number of nitrogens with zero attached hydrogens (tertiary/aromatic N) is 3. The van der Waals surface area contributed by atoms with E-state index in [0.29, 0.717) is 17.0 Å². The van der Waals surface area contributed by atoms with Crippen LogP contribution in [-0.4, -0.2) is 36.3 Å². The van der Waals surface area contributed by atoms with E-state index in [1.807, 2.05) is 32.0 Å². The first-order chi connectivity index (χ1) is 15.9. The molecule has 1 unspecified atom stereocenters. The molecule has 33 heavy (non-hydrogen) atoms. The number of nitriles is 1. The quantitative estimate of drug-likeness (QED) is 0.405. The van der Waals surface area contributed by atoms with Gasteiger partial charge in [0.05, 0.1) is 38.1 Å². The monoisotopic (exact) mass is 445 g/mol. The van der Waals surface area contributed by atoms with Gasteiger partial charge in [-0.25, -0.2) is 9.78 Å². The molecule has 2 aromatic heterocycles. The molecule has 4 rings (SSSR count). The Kier molecular flexibility index (Phi) is 6.10. The van der Waals surface area contributed by atoms with Gasteiger partial charge in [-0.05, 0) is 62.9 Å². The minimum atomic E-state index is -0.447. The van der Waals surface area contributed by atoms with Crippen LogP contribution in [0.5, 0.6) is 11.5 Å². The first kappa shape index (κ1) is 22.4. The summed E-state index contributed by atoms with van der Waals surface area (Å²) in [6.45, 7) is 5.98.